The van der Waals surface area contributed by atoms with Gasteiger partial charge in [0.25, 0.3) is 0 Å². The second-order valence-electron chi connectivity index (χ2n) is 4.49. The quantitative estimate of drug-likeness (QED) is 0.751. The Hall–Kier alpha value is -1.83. The summed E-state index contributed by atoms with van der Waals surface area (Å²) in [6.07, 6.45) is 1.99. The third-order valence-corrected chi connectivity index (χ3v) is 2.81. The number of furan rings is 1. The van der Waals surface area contributed by atoms with Crippen molar-refractivity contribution in [2.45, 2.75) is 27.2 Å². The fourth-order valence-electron chi connectivity index (χ4n) is 2.13. The number of aryl methyl sites for hydroxylation is 3. The molecule has 0 aliphatic heterocycles. The molecule has 2 heteroatoms. The first kappa shape index (κ1) is 11.6. The van der Waals surface area contributed by atoms with E-state index in [1.807, 2.05) is 20.8 Å². The van der Waals surface area contributed by atoms with E-state index < -0.39 is 0 Å². The molecule has 0 saturated heterocycles. The summed E-state index contributed by atoms with van der Waals surface area (Å²) in [5, 5.41) is 0. The van der Waals surface area contributed by atoms with Crippen LogP contribution in [-0.2, 0) is 6.42 Å². The van der Waals surface area contributed by atoms with Gasteiger partial charge in [0, 0.05) is 6.42 Å². The molecule has 1 aromatic carbocycles. The summed E-state index contributed by atoms with van der Waals surface area (Å²) in [5.74, 6) is 0.806. The van der Waals surface area contributed by atoms with Crippen molar-refractivity contribution in [1.82, 2.24) is 0 Å². The molecule has 0 aliphatic carbocycles. The molecule has 1 aromatic heterocycles. The molecule has 0 amide bonds. The van der Waals surface area contributed by atoms with Gasteiger partial charge in [-0.25, -0.2) is 0 Å². The second-order valence-corrected chi connectivity index (χ2v) is 4.49. The average molecular weight is 228 g/mol. The van der Waals surface area contributed by atoms with E-state index in [0.717, 1.165) is 5.56 Å². The summed E-state index contributed by atoms with van der Waals surface area (Å²) in [5.41, 5.74) is 4.13. The average Bonchev–Trinajstić information content (AvgIpc) is 2.62. The van der Waals surface area contributed by atoms with Crippen LogP contribution in [0.25, 0.3) is 0 Å². The zero-order chi connectivity index (χ0) is 12.4. The van der Waals surface area contributed by atoms with Crippen LogP contribution in [0.4, 0.5) is 0 Å². The highest BCUT2D eigenvalue weighted by Gasteiger charge is 2.12. The van der Waals surface area contributed by atoms with Crippen LogP contribution in [0.5, 0.6) is 0 Å². The summed E-state index contributed by atoms with van der Waals surface area (Å²) in [6.45, 7) is 5.91. The summed E-state index contributed by atoms with van der Waals surface area (Å²) in [7, 11) is 0. The monoisotopic (exact) mass is 228 g/mol. The van der Waals surface area contributed by atoms with E-state index in [1.54, 1.807) is 12.3 Å². The predicted octanol–water partition coefficient (Wildman–Crippen LogP) is 3.63. The summed E-state index contributed by atoms with van der Waals surface area (Å²) >= 11 is 0. The SMILES string of the molecule is Cc1cc(C)cc(CC(=O)c2ccoc2C)c1. The number of carbonyl (C=O) groups excluding carboxylic acids is 1. The summed E-state index contributed by atoms with van der Waals surface area (Å²) in [4.78, 5) is 12.1. The van der Waals surface area contributed by atoms with E-state index >= 15 is 0 Å². The lowest BCUT2D eigenvalue weighted by molar-refractivity contribution is 0.0991. The van der Waals surface area contributed by atoms with Crippen molar-refractivity contribution in [3.63, 3.8) is 0 Å². The Balaban J connectivity index is 2.21. The van der Waals surface area contributed by atoms with Gasteiger partial charge in [-0.15, -0.1) is 0 Å². The molecule has 17 heavy (non-hydrogen) atoms. The Labute approximate surface area is 101 Å². The highest BCUT2D eigenvalue weighted by atomic mass is 16.3. The van der Waals surface area contributed by atoms with Gasteiger partial charge in [0.1, 0.15) is 5.76 Å². The Morgan fingerprint density at radius 1 is 1.12 bits per heavy atom. The number of hydrogen-bond acceptors (Lipinski definition) is 2. The van der Waals surface area contributed by atoms with Gasteiger partial charge < -0.3 is 4.42 Å². The van der Waals surface area contributed by atoms with Gasteiger partial charge in [0.05, 0.1) is 11.8 Å². The van der Waals surface area contributed by atoms with Crippen molar-refractivity contribution in [3.8, 4) is 0 Å². The van der Waals surface area contributed by atoms with Crippen LogP contribution in [0.1, 0.15) is 32.8 Å². The molecule has 0 N–H and O–H groups in total. The van der Waals surface area contributed by atoms with Crippen LogP contribution in [0.2, 0.25) is 0 Å². The predicted molar refractivity (Wildman–Crippen MR) is 67.4 cm³/mol. The number of benzene rings is 1. The van der Waals surface area contributed by atoms with Gasteiger partial charge >= 0.3 is 0 Å². The molecule has 2 aromatic rings. The van der Waals surface area contributed by atoms with Gasteiger partial charge in [-0.1, -0.05) is 29.3 Å². The Morgan fingerprint density at radius 2 is 1.76 bits per heavy atom. The van der Waals surface area contributed by atoms with Crippen molar-refractivity contribution in [2.24, 2.45) is 0 Å². The maximum Gasteiger partial charge on any atom is 0.170 e. The molecule has 0 aliphatic rings. The minimum absolute atomic E-state index is 0.112. The first-order valence-electron chi connectivity index (χ1n) is 5.71. The molecular formula is C15H16O2. The van der Waals surface area contributed by atoms with Gasteiger partial charge in [-0.3, -0.25) is 4.79 Å². The molecule has 0 radical (unpaired) electrons. The maximum absolute atomic E-state index is 12.1. The smallest absolute Gasteiger partial charge is 0.170 e. The number of Topliss-reactive ketones (excluding diaryl/α,β-unsaturated/α-hetero) is 1. The third kappa shape index (κ3) is 2.64. The fourth-order valence-corrected chi connectivity index (χ4v) is 2.13. The largest absolute Gasteiger partial charge is 0.469 e. The first-order chi connectivity index (χ1) is 8.06. The van der Waals surface area contributed by atoms with Crippen molar-refractivity contribution in [1.29, 1.82) is 0 Å². The van der Waals surface area contributed by atoms with E-state index in [4.69, 9.17) is 4.42 Å². The Kier molecular flexibility index (Phi) is 3.14. The highest BCUT2D eigenvalue weighted by Crippen LogP contribution is 2.15. The van der Waals surface area contributed by atoms with Gasteiger partial charge in [0.15, 0.2) is 5.78 Å². The normalized spacial score (nSPS) is 10.5. The standard InChI is InChI=1S/C15H16O2/c1-10-6-11(2)8-13(7-10)9-15(16)14-4-5-17-12(14)3/h4-8H,9H2,1-3H3. The summed E-state index contributed by atoms with van der Waals surface area (Å²) < 4.78 is 5.15. The molecule has 0 saturated carbocycles. The molecule has 0 spiro atoms. The van der Waals surface area contributed by atoms with Crippen molar-refractivity contribution in [3.05, 3.63) is 58.5 Å². The van der Waals surface area contributed by atoms with Crippen LogP contribution in [0.15, 0.2) is 34.9 Å². The number of carbonyl (C=O) groups is 1. The van der Waals surface area contributed by atoms with Crippen molar-refractivity contribution >= 4 is 5.78 Å². The maximum atomic E-state index is 12.1. The molecule has 2 rings (SSSR count). The zero-order valence-electron chi connectivity index (χ0n) is 10.4. The van der Waals surface area contributed by atoms with Crippen molar-refractivity contribution in [2.75, 3.05) is 0 Å². The lowest BCUT2D eigenvalue weighted by Gasteiger charge is -2.04. The van der Waals surface area contributed by atoms with Crippen LogP contribution >= 0.6 is 0 Å². The van der Waals surface area contributed by atoms with Gasteiger partial charge in [0.2, 0.25) is 0 Å². The van der Waals surface area contributed by atoms with Crippen LogP contribution in [0.3, 0.4) is 0 Å². The molecular weight excluding hydrogens is 212 g/mol. The molecule has 0 bridgehead atoms. The van der Waals surface area contributed by atoms with Crippen molar-refractivity contribution < 1.29 is 9.21 Å². The van der Waals surface area contributed by atoms with E-state index in [-0.39, 0.29) is 5.78 Å². The Morgan fingerprint density at radius 3 is 2.29 bits per heavy atom. The lowest BCUT2D eigenvalue weighted by Crippen LogP contribution is -2.04. The van der Waals surface area contributed by atoms with Crippen LogP contribution < -0.4 is 0 Å². The molecule has 2 nitrogen and oxygen atoms in total. The summed E-state index contributed by atoms with van der Waals surface area (Å²) in [6, 6.07) is 7.96. The molecule has 88 valence electrons. The Bertz CT molecular complexity index is 530. The first-order valence-corrected chi connectivity index (χ1v) is 5.71. The van der Waals surface area contributed by atoms with Gasteiger partial charge in [-0.05, 0) is 32.4 Å². The molecule has 0 atom stereocenters. The highest BCUT2D eigenvalue weighted by molar-refractivity contribution is 5.98. The second kappa shape index (κ2) is 4.58. The molecule has 0 unspecified atom stereocenters. The minimum Gasteiger partial charge on any atom is -0.469 e. The molecule has 0 fully saturated rings. The zero-order valence-corrected chi connectivity index (χ0v) is 10.4. The molecule has 1 heterocycles. The number of hydrogen-bond donors (Lipinski definition) is 0. The van der Waals surface area contributed by atoms with E-state index in [2.05, 4.69) is 18.2 Å². The topological polar surface area (TPSA) is 30.2 Å². The number of ketones is 1. The van der Waals surface area contributed by atoms with Crippen LogP contribution in [-0.4, -0.2) is 5.78 Å². The fraction of sp³-hybridized carbons (Fsp3) is 0.267. The minimum atomic E-state index is 0.112. The van der Waals surface area contributed by atoms with Gasteiger partial charge in [-0.2, -0.15) is 0 Å². The van der Waals surface area contributed by atoms with E-state index in [9.17, 15) is 4.79 Å². The lowest BCUT2D eigenvalue weighted by atomic mass is 10.00. The number of rotatable bonds is 3. The van der Waals surface area contributed by atoms with E-state index in [0.29, 0.717) is 17.7 Å². The third-order valence-electron chi connectivity index (χ3n) is 2.81. The van der Waals surface area contributed by atoms with Crippen LogP contribution in [0, 0.1) is 20.8 Å². The van der Waals surface area contributed by atoms with E-state index in [1.165, 1.54) is 11.1 Å².